The molecule has 8 N–H and O–H groups in total. The second-order valence-electron chi connectivity index (χ2n) is 7.73. The van der Waals surface area contributed by atoms with Gasteiger partial charge in [-0.05, 0) is 30.2 Å². The standard InChI is InChI=1S/C20H22N8O5S2/c1-8-23-20(27-26-8)35-7-10-6-34-17-13(16(30)28(17)14(10)18(31)32)25-15(29)12(21)9-2-4-11(5-3-9)24-19(22)33/h2-5,12-13,17H,6-7,21H2,1H3,(H,25,29)(H,31,32)(H3,22,24,33)(H,23,26,27)/t12?,13?,17-/m1/s1. The Balaban J connectivity index is 1.41. The Kier molecular flexibility index (Phi) is 7.00. The minimum Gasteiger partial charge on any atom is -0.477 e. The van der Waals surface area contributed by atoms with E-state index < -0.39 is 41.3 Å². The minimum atomic E-state index is -1.21. The number of nitrogens with two attached hydrogens (primary N) is 2. The van der Waals surface area contributed by atoms with Gasteiger partial charge in [-0.3, -0.25) is 19.6 Å². The van der Waals surface area contributed by atoms with Gasteiger partial charge in [-0.1, -0.05) is 23.9 Å². The number of carboxylic acid groups (broad SMARTS) is 1. The second kappa shape index (κ2) is 9.97. The highest BCUT2D eigenvalue weighted by atomic mass is 32.2. The van der Waals surface area contributed by atoms with Crippen LogP contribution in [0.1, 0.15) is 17.4 Å². The van der Waals surface area contributed by atoms with Gasteiger partial charge in [0.15, 0.2) is 0 Å². The molecule has 2 aliphatic heterocycles. The zero-order chi connectivity index (χ0) is 25.3. The maximum Gasteiger partial charge on any atom is 0.352 e. The van der Waals surface area contributed by atoms with Gasteiger partial charge in [0.2, 0.25) is 11.1 Å². The van der Waals surface area contributed by atoms with Gasteiger partial charge in [0.1, 0.15) is 29.0 Å². The van der Waals surface area contributed by atoms with Crippen molar-refractivity contribution in [1.82, 2.24) is 25.4 Å². The van der Waals surface area contributed by atoms with Crippen LogP contribution in [-0.4, -0.2) is 71.9 Å². The lowest BCUT2D eigenvalue weighted by Crippen LogP contribution is -2.71. The van der Waals surface area contributed by atoms with E-state index in [4.69, 9.17) is 11.5 Å². The summed E-state index contributed by atoms with van der Waals surface area (Å²) >= 11 is 2.64. The van der Waals surface area contributed by atoms with E-state index in [1.807, 2.05) is 0 Å². The number of rotatable bonds is 8. The Morgan fingerprint density at radius 2 is 2.06 bits per heavy atom. The number of nitrogens with one attached hydrogen (secondary N) is 3. The molecule has 1 fully saturated rings. The summed E-state index contributed by atoms with van der Waals surface area (Å²) in [6.45, 7) is 1.76. The number of carbonyl (C=O) groups is 4. The average molecular weight is 519 g/mol. The van der Waals surface area contributed by atoms with E-state index in [1.165, 1.54) is 28.4 Å². The third-order valence-electron chi connectivity index (χ3n) is 5.32. The van der Waals surface area contributed by atoms with Crippen LogP contribution in [-0.2, 0) is 14.4 Å². The predicted molar refractivity (Wildman–Crippen MR) is 128 cm³/mol. The van der Waals surface area contributed by atoms with Crippen molar-refractivity contribution in [2.24, 2.45) is 11.5 Å². The van der Waals surface area contributed by atoms with E-state index >= 15 is 0 Å². The largest absolute Gasteiger partial charge is 0.477 e. The second-order valence-corrected chi connectivity index (χ2v) is 9.78. The Bertz CT molecular complexity index is 1210. The predicted octanol–water partition coefficient (Wildman–Crippen LogP) is 0.134. The monoisotopic (exact) mass is 518 g/mol. The number of β-lactam (4-membered cyclic amide) rings is 1. The number of hydrogen-bond donors (Lipinski definition) is 6. The Morgan fingerprint density at radius 3 is 2.66 bits per heavy atom. The first kappa shape index (κ1) is 24.6. The average Bonchev–Trinajstić information content (AvgIpc) is 3.24. The zero-order valence-electron chi connectivity index (χ0n) is 18.3. The molecule has 0 spiro atoms. The Hall–Kier alpha value is -3.56. The number of nitrogens with zero attached hydrogens (tertiary/aromatic N) is 3. The number of benzene rings is 1. The number of aromatic amines is 1. The molecule has 2 aliphatic rings. The summed E-state index contributed by atoms with van der Waals surface area (Å²) in [5.41, 5.74) is 12.5. The van der Waals surface area contributed by atoms with Crippen molar-refractivity contribution >= 4 is 53.0 Å². The van der Waals surface area contributed by atoms with Gasteiger partial charge in [-0.2, -0.15) is 0 Å². The Morgan fingerprint density at radius 1 is 1.34 bits per heavy atom. The summed E-state index contributed by atoms with van der Waals surface area (Å²) < 4.78 is 0. The number of H-pyrrole nitrogens is 1. The van der Waals surface area contributed by atoms with Crippen LogP contribution >= 0.6 is 23.5 Å². The van der Waals surface area contributed by atoms with Gasteiger partial charge in [0, 0.05) is 17.2 Å². The smallest absolute Gasteiger partial charge is 0.352 e. The molecule has 1 saturated heterocycles. The van der Waals surface area contributed by atoms with Crippen molar-refractivity contribution in [3.05, 3.63) is 46.9 Å². The molecule has 0 saturated carbocycles. The van der Waals surface area contributed by atoms with Gasteiger partial charge in [-0.15, -0.1) is 16.9 Å². The number of aromatic nitrogens is 3. The van der Waals surface area contributed by atoms with E-state index in [-0.39, 0.29) is 5.70 Å². The number of carboxylic acids is 1. The highest BCUT2D eigenvalue weighted by molar-refractivity contribution is 8.01. The summed E-state index contributed by atoms with van der Waals surface area (Å²) in [6.07, 6.45) is 0. The number of primary amides is 1. The van der Waals surface area contributed by atoms with Crippen molar-refractivity contribution in [3.8, 4) is 0 Å². The summed E-state index contributed by atoms with van der Waals surface area (Å²) in [6, 6.07) is 3.53. The third-order valence-corrected chi connectivity index (χ3v) is 7.59. The molecule has 3 heterocycles. The molecule has 2 unspecified atom stereocenters. The normalized spacial score (nSPS) is 20.1. The number of amides is 4. The number of aryl methyl sites for hydroxylation is 1. The van der Waals surface area contributed by atoms with Crippen molar-refractivity contribution in [1.29, 1.82) is 0 Å². The van der Waals surface area contributed by atoms with Crippen LogP contribution in [0.4, 0.5) is 10.5 Å². The highest BCUT2D eigenvalue weighted by Crippen LogP contribution is 2.41. The number of carbonyl (C=O) groups excluding carboxylic acids is 3. The molecular weight excluding hydrogens is 496 g/mol. The molecule has 2 aromatic rings. The van der Waals surface area contributed by atoms with Gasteiger partial charge in [0.25, 0.3) is 5.91 Å². The Labute approximate surface area is 207 Å². The first-order valence-corrected chi connectivity index (χ1v) is 12.3. The maximum absolute atomic E-state index is 12.8. The van der Waals surface area contributed by atoms with Crippen molar-refractivity contribution in [2.45, 2.75) is 29.5 Å². The van der Waals surface area contributed by atoms with Crippen LogP contribution in [0.15, 0.2) is 40.7 Å². The molecule has 0 aliphatic carbocycles. The molecule has 0 bridgehead atoms. The topological polar surface area (TPSA) is 209 Å². The van der Waals surface area contributed by atoms with E-state index in [0.717, 1.165) is 0 Å². The summed E-state index contributed by atoms with van der Waals surface area (Å²) in [7, 11) is 0. The molecule has 0 radical (unpaired) electrons. The first-order valence-electron chi connectivity index (χ1n) is 10.3. The van der Waals surface area contributed by atoms with E-state index in [9.17, 15) is 24.3 Å². The van der Waals surface area contributed by atoms with Crippen molar-refractivity contribution < 1.29 is 24.3 Å². The third kappa shape index (κ3) is 5.11. The lowest BCUT2D eigenvalue weighted by molar-refractivity contribution is -0.150. The van der Waals surface area contributed by atoms with Crippen LogP contribution in [0, 0.1) is 6.92 Å². The summed E-state index contributed by atoms with van der Waals surface area (Å²) in [5.74, 6) is -0.981. The molecule has 1 aromatic heterocycles. The summed E-state index contributed by atoms with van der Waals surface area (Å²) in [4.78, 5) is 53.9. The molecule has 35 heavy (non-hydrogen) atoms. The molecule has 184 valence electrons. The molecule has 3 atom stereocenters. The number of anilines is 1. The van der Waals surface area contributed by atoms with Crippen molar-refractivity contribution in [2.75, 3.05) is 16.8 Å². The molecular formula is C20H22N8O5S2. The number of urea groups is 1. The van der Waals surface area contributed by atoms with Gasteiger partial charge in [0.05, 0.1) is 0 Å². The summed E-state index contributed by atoms with van der Waals surface area (Å²) in [5, 5.41) is 21.5. The van der Waals surface area contributed by atoms with Gasteiger partial charge < -0.3 is 27.2 Å². The molecule has 4 amide bonds. The van der Waals surface area contributed by atoms with E-state index in [2.05, 4.69) is 25.8 Å². The van der Waals surface area contributed by atoms with Crippen LogP contribution in [0.3, 0.4) is 0 Å². The van der Waals surface area contributed by atoms with Crippen LogP contribution < -0.4 is 22.1 Å². The molecule has 4 rings (SSSR count). The first-order chi connectivity index (χ1) is 16.7. The van der Waals surface area contributed by atoms with Crippen molar-refractivity contribution in [3.63, 3.8) is 0 Å². The fourth-order valence-electron chi connectivity index (χ4n) is 3.64. The molecule has 13 nitrogen and oxygen atoms in total. The number of fused-ring (bicyclic) bond motifs is 1. The van der Waals surface area contributed by atoms with Crippen LogP contribution in [0.5, 0.6) is 0 Å². The number of aliphatic carboxylic acids is 1. The quantitative estimate of drug-likeness (QED) is 0.205. The number of hydrogen-bond acceptors (Lipinski definition) is 9. The fourth-order valence-corrected chi connectivity index (χ4v) is 5.97. The van der Waals surface area contributed by atoms with E-state index in [1.54, 1.807) is 31.2 Å². The minimum absolute atomic E-state index is 0.0779. The number of thioether (sulfide) groups is 2. The lowest BCUT2D eigenvalue weighted by Gasteiger charge is -2.49. The van der Waals surface area contributed by atoms with Gasteiger partial charge in [-0.25, -0.2) is 14.6 Å². The highest BCUT2D eigenvalue weighted by Gasteiger charge is 2.54. The van der Waals surface area contributed by atoms with E-state index in [0.29, 0.717) is 39.3 Å². The molecule has 15 heteroatoms. The maximum atomic E-state index is 12.8. The molecule has 1 aromatic carbocycles. The van der Waals surface area contributed by atoms with Gasteiger partial charge >= 0.3 is 12.0 Å². The fraction of sp³-hybridized carbons (Fsp3) is 0.300. The zero-order valence-corrected chi connectivity index (χ0v) is 20.0. The SMILES string of the molecule is Cc1nc(SCC2=C(C(=O)O)N3C(=O)C(NC(=O)C(N)c4ccc(NC(N)=O)cc4)[C@H]3SC2)n[nH]1. The lowest BCUT2D eigenvalue weighted by atomic mass is 10.0. The van der Waals surface area contributed by atoms with Crippen LogP contribution in [0.2, 0.25) is 0 Å². The van der Waals surface area contributed by atoms with Crippen LogP contribution in [0.25, 0.3) is 0 Å².